The molecule has 0 saturated carbocycles. The molecule has 1 aliphatic heterocycles. The molecule has 1 amide bonds. The third-order valence-corrected chi connectivity index (χ3v) is 7.24. The third-order valence-electron chi connectivity index (χ3n) is 5.70. The van der Waals surface area contributed by atoms with Crippen molar-refractivity contribution in [3.05, 3.63) is 64.3 Å². The van der Waals surface area contributed by atoms with Gasteiger partial charge in [0.2, 0.25) is 5.91 Å². The van der Waals surface area contributed by atoms with E-state index in [9.17, 15) is 4.79 Å². The average molecular weight is 498 g/mol. The highest BCUT2D eigenvalue weighted by molar-refractivity contribution is 8.00. The number of carbonyl (C=O) groups excluding carboxylic acids is 1. The van der Waals surface area contributed by atoms with Crippen molar-refractivity contribution in [1.82, 2.24) is 9.97 Å². The molecule has 1 unspecified atom stereocenters. The van der Waals surface area contributed by atoms with Crippen molar-refractivity contribution in [3.63, 3.8) is 0 Å². The van der Waals surface area contributed by atoms with Gasteiger partial charge in [0, 0.05) is 28.3 Å². The van der Waals surface area contributed by atoms with Crippen LogP contribution in [0.4, 0.5) is 5.69 Å². The van der Waals surface area contributed by atoms with E-state index >= 15 is 0 Å². The first-order valence-electron chi connectivity index (χ1n) is 11.1. The summed E-state index contributed by atoms with van der Waals surface area (Å²) in [7, 11) is 1.64. The number of carbonyl (C=O) groups is 1. The van der Waals surface area contributed by atoms with Crippen LogP contribution in [0.25, 0.3) is 11.4 Å². The maximum atomic E-state index is 12.9. The summed E-state index contributed by atoms with van der Waals surface area (Å²) in [5.41, 5.74) is 4.11. The molecule has 2 heterocycles. The number of benzene rings is 2. The summed E-state index contributed by atoms with van der Waals surface area (Å²) in [6.07, 6.45) is 0.671. The lowest BCUT2D eigenvalue weighted by Gasteiger charge is -2.32. The van der Waals surface area contributed by atoms with Gasteiger partial charge in [-0.15, -0.1) is 0 Å². The lowest BCUT2D eigenvalue weighted by molar-refractivity contribution is -0.115. The molecule has 8 heteroatoms. The van der Waals surface area contributed by atoms with Gasteiger partial charge < -0.3 is 14.8 Å². The number of rotatable bonds is 6. The molecule has 0 spiro atoms. The van der Waals surface area contributed by atoms with Crippen molar-refractivity contribution in [2.24, 2.45) is 0 Å². The quantitative estimate of drug-likeness (QED) is 0.328. The Bertz CT molecular complexity index is 1210. The largest absolute Gasteiger partial charge is 0.497 e. The molecule has 2 aromatic carbocycles. The Labute approximate surface area is 209 Å². The van der Waals surface area contributed by atoms with Crippen LogP contribution in [0, 0.1) is 6.92 Å². The van der Waals surface area contributed by atoms with Crippen LogP contribution < -0.4 is 10.1 Å². The Kier molecular flexibility index (Phi) is 7.17. The van der Waals surface area contributed by atoms with Crippen molar-refractivity contribution in [2.75, 3.05) is 12.4 Å². The molecule has 1 aliphatic rings. The summed E-state index contributed by atoms with van der Waals surface area (Å²) in [6.45, 7) is 8.32. The van der Waals surface area contributed by atoms with Crippen molar-refractivity contribution < 1.29 is 14.3 Å². The van der Waals surface area contributed by atoms with Gasteiger partial charge in [-0.25, -0.2) is 9.97 Å². The summed E-state index contributed by atoms with van der Waals surface area (Å²) >= 11 is 7.62. The van der Waals surface area contributed by atoms with Crippen molar-refractivity contribution in [2.45, 2.75) is 56.6 Å². The van der Waals surface area contributed by atoms with Gasteiger partial charge >= 0.3 is 0 Å². The maximum absolute atomic E-state index is 12.9. The molecule has 1 atom stereocenters. The second-order valence-corrected chi connectivity index (χ2v) is 10.7. The van der Waals surface area contributed by atoms with Gasteiger partial charge in [0.25, 0.3) is 0 Å². The van der Waals surface area contributed by atoms with E-state index in [1.54, 1.807) is 13.2 Å². The molecule has 34 heavy (non-hydrogen) atoms. The molecule has 0 saturated heterocycles. The van der Waals surface area contributed by atoms with Gasteiger partial charge in [-0.05, 0) is 69.7 Å². The van der Waals surface area contributed by atoms with E-state index in [-0.39, 0.29) is 11.5 Å². The van der Waals surface area contributed by atoms with Crippen LogP contribution in [0.1, 0.15) is 37.6 Å². The number of hydrogen-bond acceptors (Lipinski definition) is 6. The number of nitrogens with one attached hydrogen (secondary N) is 1. The van der Waals surface area contributed by atoms with E-state index in [0.29, 0.717) is 29.6 Å². The molecule has 4 rings (SSSR count). The normalized spacial score (nSPS) is 15.4. The van der Waals surface area contributed by atoms with E-state index < -0.39 is 5.25 Å². The fourth-order valence-corrected chi connectivity index (χ4v) is 4.76. The second kappa shape index (κ2) is 9.94. The summed E-state index contributed by atoms with van der Waals surface area (Å²) in [5.74, 6) is 1.27. The third kappa shape index (κ3) is 5.54. The predicted octanol–water partition coefficient (Wildman–Crippen LogP) is 6.08. The zero-order valence-electron chi connectivity index (χ0n) is 19.9. The van der Waals surface area contributed by atoms with Crippen LogP contribution >= 0.6 is 23.4 Å². The first-order valence-corrected chi connectivity index (χ1v) is 12.3. The van der Waals surface area contributed by atoms with Gasteiger partial charge in [-0.1, -0.05) is 29.4 Å². The Hall–Kier alpha value is -2.61. The molecule has 1 N–H and O–H groups in total. The molecule has 0 radical (unpaired) electrons. The minimum Gasteiger partial charge on any atom is -0.497 e. The van der Waals surface area contributed by atoms with Crippen molar-refractivity contribution >= 4 is 35.0 Å². The van der Waals surface area contributed by atoms with Gasteiger partial charge in [0.05, 0.1) is 30.3 Å². The zero-order chi connectivity index (χ0) is 24.5. The second-order valence-electron chi connectivity index (χ2n) is 8.94. The van der Waals surface area contributed by atoms with Crippen molar-refractivity contribution in [1.29, 1.82) is 0 Å². The van der Waals surface area contributed by atoms with Gasteiger partial charge in [0.15, 0.2) is 5.82 Å². The Morgan fingerprint density at radius 3 is 2.62 bits per heavy atom. The van der Waals surface area contributed by atoms with E-state index in [2.05, 4.69) is 19.2 Å². The number of hydrogen-bond donors (Lipinski definition) is 1. The van der Waals surface area contributed by atoms with Gasteiger partial charge in [-0.3, -0.25) is 4.79 Å². The summed E-state index contributed by atoms with van der Waals surface area (Å²) < 4.78 is 11.3. The van der Waals surface area contributed by atoms with Crippen LogP contribution in [0.5, 0.6) is 5.75 Å². The smallest absolute Gasteiger partial charge is 0.237 e. The molecule has 3 aromatic rings. The molecule has 0 fully saturated rings. The lowest BCUT2D eigenvalue weighted by atomic mass is 9.96. The number of thioether (sulfide) groups is 1. The van der Waals surface area contributed by atoms with Crippen LogP contribution in [-0.4, -0.2) is 33.8 Å². The van der Waals surface area contributed by atoms with Crippen LogP contribution in [0.2, 0.25) is 5.02 Å². The Balaban J connectivity index is 1.62. The monoisotopic (exact) mass is 497 g/mol. The first kappa shape index (κ1) is 24.5. The standard InChI is InChI=1S/C26H28ClN3O3S/c1-15-6-9-18(12-21(15)27)28-24(31)16(2)34-25-20-14-33-26(3,4)13-22(20)29-23(30-25)17-7-10-19(32-5)11-8-17/h6-12,16H,13-14H2,1-5H3,(H,28,31). The predicted molar refractivity (Wildman–Crippen MR) is 137 cm³/mol. The van der Waals surface area contributed by atoms with E-state index in [4.69, 9.17) is 31.0 Å². The zero-order valence-corrected chi connectivity index (χ0v) is 21.5. The molecule has 0 aliphatic carbocycles. The van der Waals surface area contributed by atoms with E-state index in [0.717, 1.165) is 33.2 Å². The number of aromatic nitrogens is 2. The molecular weight excluding hydrogens is 470 g/mol. The average Bonchev–Trinajstić information content (AvgIpc) is 2.80. The minimum absolute atomic E-state index is 0.125. The Morgan fingerprint density at radius 1 is 1.21 bits per heavy atom. The molecular formula is C26H28ClN3O3S. The van der Waals surface area contributed by atoms with Gasteiger partial charge in [0.1, 0.15) is 10.8 Å². The topological polar surface area (TPSA) is 73.3 Å². The molecule has 6 nitrogen and oxygen atoms in total. The SMILES string of the molecule is COc1ccc(-c2nc3c(c(SC(C)C(=O)Nc4ccc(C)c(Cl)c4)n2)COC(C)(C)C3)cc1. The number of fused-ring (bicyclic) bond motifs is 1. The van der Waals surface area contributed by atoms with E-state index in [1.165, 1.54) is 11.8 Å². The fourth-order valence-electron chi connectivity index (χ4n) is 3.62. The number of halogens is 1. The van der Waals surface area contributed by atoms with Crippen LogP contribution in [0.3, 0.4) is 0 Å². The highest BCUT2D eigenvalue weighted by atomic mass is 35.5. The summed E-state index contributed by atoms with van der Waals surface area (Å²) in [5, 5.41) is 3.94. The summed E-state index contributed by atoms with van der Waals surface area (Å²) in [6, 6.07) is 13.2. The van der Waals surface area contributed by atoms with Crippen LogP contribution in [-0.2, 0) is 22.6 Å². The summed E-state index contributed by atoms with van der Waals surface area (Å²) in [4.78, 5) is 22.7. The number of amides is 1. The number of methoxy groups -OCH3 is 1. The number of ether oxygens (including phenoxy) is 2. The highest BCUT2D eigenvalue weighted by Gasteiger charge is 2.31. The number of aryl methyl sites for hydroxylation is 1. The maximum Gasteiger partial charge on any atom is 0.237 e. The highest BCUT2D eigenvalue weighted by Crippen LogP contribution is 2.36. The molecule has 0 bridgehead atoms. The molecule has 1 aromatic heterocycles. The first-order chi connectivity index (χ1) is 16.1. The van der Waals surface area contributed by atoms with E-state index in [1.807, 2.05) is 50.2 Å². The minimum atomic E-state index is -0.391. The Morgan fingerprint density at radius 2 is 1.94 bits per heavy atom. The number of anilines is 1. The number of nitrogens with zero attached hydrogens (tertiary/aromatic N) is 2. The van der Waals surface area contributed by atoms with Crippen LogP contribution in [0.15, 0.2) is 47.5 Å². The van der Waals surface area contributed by atoms with Crippen molar-refractivity contribution in [3.8, 4) is 17.1 Å². The van der Waals surface area contributed by atoms with Gasteiger partial charge in [-0.2, -0.15) is 0 Å². The molecule has 178 valence electrons. The lowest BCUT2D eigenvalue weighted by Crippen LogP contribution is -2.33. The fraction of sp³-hybridized carbons (Fsp3) is 0.346.